The fourth-order valence-corrected chi connectivity index (χ4v) is 3.92. The molecule has 10 heteroatoms. The molecule has 0 amide bonds. The molecule has 1 aliphatic heterocycles. The molecule has 0 spiro atoms. The molecule has 0 radical (unpaired) electrons. The lowest BCUT2D eigenvalue weighted by Crippen LogP contribution is -2.42. The van der Waals surface area contributed by atoms with Crippen molar-refractivity contribution in [2.24, 2.45) is 0 Å². The SMILES string of the molecule is O=P(O)(O)CN1CC(CCl)O[P+](O)(O)C1. The predicted octanol–water partition coefficient (Wildman–Crippen LogP) is -0.234. The maximum absolute atomic E-state index is 10.7. The predicted molar refractivity (Wildman–Crippen MR) is 55.4 cm³/mol. The van der Waals surface area contributed by atoms with Crippen molar-refractivity contribution in [3.05, 3.63) is 0 Å². The lowest BCUT2D eigenvalue weighted by molar-refractivity contribution is 0.0893. The molecule has 90 valence electrons. The van der Waals surface area contributed by atoms with Crippen LogP contribution in [-0.4, -0.2) is 55.6 Å². The second kappa shape index (κ2) is 4.92. The molecule has 0 aromatic rings. The molecule has 1 rings (SSSR count). The topological polar surface area (TPSA) is 110 Å². The summed E-state index contributed by atoms with van der Waals surface area (Å²) in [5, 5.41) is 0. The first-order chi connectivity index (χ1) is 6.72. The lowest BCUT2D eigenvalue weighted by atomic mass is 10.4. The van der Waals surface area contributed by atoms with Crippen molar-refractivity contribution in [2.45, 2.75) is 6.10 Å². The lowest BCUT2D eigenvalue weighted by Gasteiger charge is -2.31. The molecule has 0 saturated carbocycles. The van der Waals surface area contributed by atoms with Crippen LogP contribution in [0.5, 0.6) is 0 Å². The normalized spacial score (nSPS) is 27.9. The highest BCUT2D eigenvalue weighted by molar-refractivity contribution is 7.59. The van der Waals surface area contributed by atoms with Crippen molar-refractivity contribution in [1.82, 2.24) is 4.90 Å². The van der Waals surface area contributed by atoms with Gasteiger partial charge in [-0.05, 0) is 0 Å². The van der Waals surface area contributed by atoms with E-state index in [4.69, 9.17) is 25.9 Å². The van der Waals surface area contributed by atoms with Gasteiger partial charge in [0, 0.05) is 6.54 Å². The number of alkyl halides is 1. The molecular formula is C5H13ClNO6P2+. The minimum Gasteiger partial charge on any atom is -0.324 e. The third kappa shape index (κ3) is 5.04. The van der Waals surface area contributed by atoms with Crippen LogP contribution in [0.25, 0.3) is 0 Å². The summed E-state index contributed by atoms with van der Waals surface area (Å²) >= 11 is 5.49. The molecule has 1 saturated heterocycles. The van der Waals surface area contributed by atoms with Gasteiger partial charge in [-0.15, -0.1) is 11.6 Å². The van der Waals surface area contributed by atoms with Crippen LogP contribution >= 0.6 is 27.1 Å². The molecule has 15 heavy (non-hydrogen) atoms. The first-order valence-corrected chi connectivity index (χ1v) is 8.20. The number of hydrogen-bond acceptors (Lipinski definition) is 5. The third-order valence-corrected chi connectivity index (χ3v) is 4.24. The highest BCUT2D eigenvalue weighted by atomic mass is 35.5. The van der Waals surface area contributed by atoms with E-state index in [1.807, 2.05) is 0 Å². The maximum atomic E-state index is 10.7. The number of hydrogen-bond donors (Lipinski definition) is 4. The molecule has 1 aliphatic rings. The average Bonchev–Trinajstić information content (AvgIpc) is 1.97. The number of rotatable bonds is 3. The Balaban J connectivity index is 2.62. The molecule has 0 aromatic heterocycles. The summed E-state index contributed by atoms with van der Waals surface area (Å²) in [6.07, 6.45) is -1.41. The Hall–Kier alpha value is 0.710. The molecule has 4 N–H and O–H groups in total. The molecule has 0 aromatic carbocycles. The van der Waals surface area contributed by atoms with Crippen LogP contribution in [-0.2, 0) is 9.09 Å². The maximum Gasteiger partial charge on any atom is 0.422 e. The second-order valence-corrected chi connectivity index (χ2v) is 7.09. The zero-order valence-electron chi connectivity index (χ0n) is 7.73. The molecule has 1 atom stereocenters. The summed E-state index contributed by atoms with van der Waals surface area (Å²) in [4.78, 5) is 37.4. The van der Waals surface area contributed by atoms with Gasteiger partial charge in [0.05, 0.1) is 5.88 Å². The van der Waals surface area contributed by atoms with E-state index in [1.165, 1.54) is 4.90 Å². The van der Waals surface area contributed by atoms with Crippen LogP contribution in [0.3, 0.4) is 0 Å². The Morgan fingerprint density at radius 3 is 2.60 bits per heavy atom. The van der Waals surface area contributed by atoms with Crippen molar-refractivity contribution in [2.75, 3.05) is 25.0 Å². The number of halogens is 1. The van der Waals surface area contributed by atoms with Gasteiger partial charge in [0.1, 0.15) is 12.4 Å². The molecule has 7 nitrogen and oxygen atoms in total. The van der Waals surface area contributed by atoms with Gasteiger partial charge in [-0.1, -0.05) is 0 Å². The van der Waals surface area contributed by atoms with Gasteiger partial charge in [0.2, 0.25) is 0 Å². The van der Waals surface area contributed by atoms with Gasteiger partial charge in [0.25, 0.3) is 0 Å². The van der Waals surface area contributed by atoms with Crippen molar-refractivity contribution in [3.63, 3.8) is 0 Å². The van der Waals surface area contributed by atoms with E-state index in [9.17, 15) is 14.4 Å². The van der Waals surface area contributed by atoms with E-state index in [0.29, 0.717) is 0 Å². The van der Waals surface area contributed by atoms with Crippen LogP contribution in [0.2, 0.25) is 0 Å². The van der Waals surface area contributed by atoms with Gasteiger partial charge in [0.15, 0.2) is 6.29 Å². The standard InChI is InChI=1S/C5H12ClNO6P2/c6-1-5-2-7(3-14(8,9)10)4-15(11,12)13-5/h5,11-12H,1-4H2,(H-,8,9,10)/p+1. The second-order valence-electron chi connectivity index (χ2n) is 3.35. The molecule has 0 bridgehead atoms. The molecule has 1 heterocycles. The Labute approximate surface area is 92.4 Å². The van der Waals surface area contributed by atoms with Crippen molar-refractivity contribution in [3.8, 4) is 0 Å². The summed E-state index contributed by atoms with van der Waals surface area (Å²) < 4.78 is 15.6. The Morgan fingerprint density at radius 2 is 2.13 bits per heavy atom. The fraction of sp³-hybridized carbons (Fsp3) is 1.00. The zero-order valence-corrected chi connectivity index (χ0v) is 10.3. The first-order valence-electron chi connectivity index (χ1n) is 4.07. The minimum absolute atomic E-state index is 0.0422. The Morgan fingerprint density at radius 1 is 1.53 bits per heavy atom. The van der Waals surface area contributed by atoms with E-state index in [-0.39, 0.29) is 18.7 Å². The summed E-state index contributed by atoms with van der Waals surface area (Å²) in [6.45, 7) is 0.178. The largest absolute Gasteiger partial charge is 0.422 e. The molecule has 0 aliphatic carbocycles. The van der Waals surface area contributed by atoms with Crippen LogP contribution in [0, 0.1) is 0 Å². The molecular weight excluding hydrogens is 267 g/mol. The van der Waals surface area contributed by atoms with Gasteiger partial charge < -0.3 is 9.79 Å². The van der Waals surface area contributed by atoms with E-state index < -0.39 is 27.9 Å². The van der Waals surface area contributed by atoms with Crippen molar-refractivity contribution >= 4 is 27.1 Å². The van der Waals surface area contributed by atoms with Gasteiger partial charge >= 0.3 is 15.5 Å². The fourth-order valence-electron chi connectivity index (χ4n) is 1.35. The van der Waals surface area contributed by atoms with Crippen LogP contribution < -0.4 is 0 Å². The summed E-state index contributed by atoms with van der Waals surface area (Å²) in [6, 6.07) is 0. The van der Waals surface area contributed by atoms with E-state index in [1.54, 1.807) is 0 Å². The van der Waals surface area contributed by atoms with Crippen LogP contribution in [0.1, 0.15) is 0 Å². The van der Waals surface area contributed by atoms with E-state index in [2.05, 4.69) is 0 Å². The van der Waals surface area contributed by atoms with Gasteiger partial charge in [-0.2, -0.15) is 14.3 Å². The summed E-state index contributed by atoms with van der Waals surface area (Å²) in [7, 11) is -7.76. The molecule has 1 unspecified atom stereocenters. The van der Waals surface area contributed by atoms with Gasteiger partial charge in [-0.3, -0.25) is 4.57 Å². The van der Waals surface area contributed by atoms with Crippen LogP contribution in [0.4, 0.5) is 0 Å². The van der Waals surface area contributed by atoms with E-state index >= 15 is 0 Å². The monoisotopic (exact) mass is 280 g/mol. The summed E-state index contributed by atoms with van der Waals surface area (Å²) in [5.74, 6) is 0.0422. The highest BCUT2D eigenvalue weighted by Crippen LogP contribution is 2.56. The van der Waals surface area contributed by atoms with Crippen molar-refractivity contribution in [1.29, 1.82) is 0 Å². The summed E-state index contributed by atoms with van der Waals surface area (Å²) in [5.41, 5.74) is 0. The van der Waals surface area contributed by atoms with Crippen molar-refractivity contribution < 1.29 is 28.7 Å². The molecule has 1 fully saturated rings. The first kappa shape index (κ1) is 13.8. The third-order valence-electron chi connectivity index (χ3n) is 1.72. The minimum atomic E-state index is -4.20. The Kier molecular flexibility index (Phi) is 4.52. The zero-order chi connectivity index (χ0) is 11.7. The number of nitrogens with zero attached hydrogens (tertiary/aromatic N) is 1. The smallest absolute Gasteiger partial charge is 0.324 e. The van der Waals surface area contributed by atoms with E-state index in [0.717, 1.165) is 0 Å². The van der Waals surface area contributed by atoms with Gasteiger partial charge in [-0.25, -0.2) is 4.90 Å². The van der Waals surface area contributed by atoms with Crippen LogP contribution in [0.15, 0.2) is 0 Å². The Bertz CT molecular complexity index is 270. The average molecular weight is 281 g/mol. The quantitative estimate of drug-likeness (QED) is 0.417. The highest BCUT2D eigenvalue weighted by Gasteiger charge is 2.47.